The highest BCUT2D eigenvalue weighted by Gasteiger charge is 2.34. The maximum Gasteiger partial charge on any atom is 0.279 e. The Labute approximate surface area is 149 Å². The molecule has 1 aromatic rings. The molecule has 9 heteroatoms. The van der Waals surface area contributed by atoms with Gasteiger partial charge < -0.3 is 10.1 Å². The van der Waals surface area contributed by atoms with Gasteiger partial charge in [-0.2, -0.15) is 5.48 Å². The first-order valence-electron chi connectivity index (χ1n) is 8.78. The van der Waals surface area contributed by atoms with E-state index in [0.29, 0.717) is 6.54 Å². The summed E-state index contributed by atoms with van der Waals surface area (Å²) < 4.78 is 30.9. The largest absolute Gasteiger partial charge is 0.350 e. The molecule has 4 unspecified atom stereocenters. The summed E-state index contributed by atoms with van der Waals surface area (Å²) in [6, 6.07) is 5.70. The normalized spacial score (nSPS) is 33.6. The fourth-order valence-corrected chi connectivity index (χ4v) is 3.63. The summed E-state index contributed by atoms with van der Waals surface area (Å²) in [6.45, 7) is 2.58. The van der Waals surface area contributed by atoms with Gasteiger partial charge in [-0.15, -0.1) is 0 Å². The van der Waals surface area contributed by atoms with Gasteiger partial charge in [-0.3, -0.25) is 20.3 Å². The first-order chi connectivity index (χ1) is 12.5. The lowest BCUT2D eigenvalue weighted by atomic mass is 10.0. The predicted octanol–water partition coefficient (Wildman–Crippen LogP) is 0.839. The van der Waals surface area contributed by atoms with Crippen LogP contribution in [0.2, 0.25) is 0 Å². The van der Waals surface area contributed by atoms with Gasteiger partial charge in [-0.1, -0.05) is 18.2 Å². The Morgan fingerprint density at radius 3 is 2.92 bits per heavy atom. The highest BCUT2D eigenvalue weighted by atomic mass is 19.3. The zero-order valence-electron chi connectivity index (χ0n) is 14.3. The molecule has 4 N–H and O–H groups in total. The van der Waals surface area contributed by atoms with Crippen molar-refractivity contribution in [3.8, 4) is 0 Å². The lowest BCUT2D eigenvalue weighted by Crippen LogP contribution is -2.42. The van der Waals surface area contributed by atoms with E-state index in [2.05, 4.69) is 21.4 Å². The zero-order chi connectivity index (χ0) is 18.3. The number of benzene rings is 1. The molecular formula is C17H22F2N4O3. The third kappa shape index (κ3) is 3.45. The number of hydrogen-bond acceptors (Lipinski definition) is 6. The minimum atomic E-state index is -2.60. The molecule has 2 fully saturated rings. The van der Waals surface area contributed by atoms with E-state index >= 15 is 0 Å². The Morgan fingerprint density at radius 1 is 1.38 bits per heavy atom. The van der Waals surface area contributed by atoms with Crippen LogP contribution in [0.1, 0.15) is 42.2 Å². The number of aryl methyl sites for hydroxylation is 1. The zero-order valence-corrected chi connectivity index (χ0v) is 14.3. The Bertz CT molecular complexity index is 690. The molecule has 26 heavy (non-hydrogen) atoms. The molecule has 2 saturated heterocycles. The number of carbonyl (C=O) groups excluding carboxylic acids is 1. The van der Waals surface area contributed by atoms with Crippen LogP contribution in [-0.2, 0) is 20.8 Å². The van der Waals surface area contributed by atoms with Crippen molar-refractivity contribution < 1.29 is 23.1 Å². The first-order valence-corrected chi connectivity index (χ1v) is 8.78. The van der Waals surface area contributed by atoms with Crippen molar-refractivity contribution in [2.24, 2.45) is 0 Å². The smallest absolute Gasteiger partial charge is 0.279 e. The molecule has 3 aliphatic rings. The molecule has 0 bridgehead atoms. The van der Waals surface area contributed by atoms with Crippen LogP contribution in [-0.4, -0.2) is 37.4 Å². The standard InChI is InChI=1S/C17H22F2N4O3/c1-8-7-20-17(25-8)15(24)21-12-5-3-9-6-10(2-4-11(9)12)14-22-16(13(18)19)26-23-14/h2,4,6,8,12-14,16-17,20,22-23H,3,5,7H2,1H3,(H,21,24)/t8?,12-,14?,16?,17?/m1/s1. The number of fused-ring (bicyclic) bond motifs is 1. The SMILES string of the molecule is CC1CNC(C(=O)N[C@@H]2CCc3cc(C4NOC(C(F)F)N4)ccc32)O1. The van der Waals surface area contributed by atoms with Crippen molar-refractivity contribution in [1.29, 1.82) is 0 Å². The number of hydrogen-bond donors (Lipinski definition) is 4. The van der Waals surface area contributed by atoms with E-state index in [9.17, 15) is 13.6 Å². The number of ether oxygens (including phenoxy) is 1. The topological polar surface area (TPSA) is 83.7 Å². The number of amides is 1. The van der Waals surface area contributed by atoms with Crippen LogP contribution in [0.3, 0.4) is 0 Å². The number of alkyl halides is 2. The Kier molecular flexibility index (Phi) is 4.89. The molecule has 1 aromatic carbocycles. The summed E-state index contributed by atoms with van der Waals surface area (Å²) in [5.74, 6) is -0.163. The summed E-state index contributed by atoms with van der Waals surface area (Å²) in [6.07, 6.45) is -3.37. The van der Waals surface area contributed by atoms with Crippen LogP contribution in [0.15, 0.2) is 18.2 Å². The molecule has 142 valence electrons. The van der Waals surface area contributed by atoms with Crippen molar-refractivity contribution in [2.45, 2.75) is 57.0 Å². The number of carbonyl (C=O) groups is 1. The van der Waals surface area contributed by atoms with Crippen molar-refractivity contribution in [3.05, 3.63) is 34.9 Å². The fourth-order valence-electron chi connectivity index (χ4n) is 3.63. The van der Waals surface area contributed by atoms with Crippen molar-refractivity contribution >= 4 is 5.91 Å². The second-order valence-corrected chi connectivity index (χ2v) is 6.88. The number of halogens is 2. The van der Waals surface area contributed by atoms with Crippen molar-refractivity contribution in [2.75, 3.05) is 6.54 Å². The third-order valence-electron chi connectivity index (χ3n) is 4.96. The van der Waals surface area contributed by atoms with Gasteiger partial charge in [-0.25, -0.2) is 8.78 Å². The summed E-state index contributed by atoms with van der Waals surface area (Å²) in [4.78, 5) is 17.2. The molecule has 0 saturated carbocycles. The van der Waals surface area contributed by atoms with Gasteiger partial charge in [0.05, 0.1) is 12.1 Å². The van der Waals surface area contributed by atoms with E-state index in [0.717, 1.165) is 29.5 Å². The average molecular weight is 368 g/mol. The van der Waals surface area contributed by atoms with E-state index in [-0.39, 0.29) is 18.1 Å². The van der Waals surface area contributed by atoms with Crippen molar-refractivity contribution in [3.63, 3.8) is 0 Å². The van der Waals surface area contributed by atoms with Crippen LogP contribution in [0, 0.1) is 0 Å². The highest BCUT2D eigenvalue weighted by Crippen LogP contribution is 2.33. The summed E-state index contributed by atoms with van der Waals surface area (Å²) in [7, 11) is 0. The predicted molar refractivity (Wildman–Crippen MR) is 87.9 cm³/mol. The molecule has 0 spiro atoms. The molecule has 4 rings (SSSR count). The van der Waals surface area contributed by atoms with Gasteiger partial charge in [0.25, 0.3) is 12.3 Å². The molecule has 5 atom stereocenters. The molecule has 2 aliphatic heterocycles. The quantitative estimate of drug-likeness (QED) is 0.631. The molecule has 1 aliphatic carbocycles. The molecule has 1 amide bonds. The van der Waals surface area contributed by atoms with Crippen LogP contribution in [0.25, 0.3) is 0 Å². The number of rotatable bonds is 4. The van der Waals surface area contributed by atoms with Crippen LogP contribution in [0.5, 0.6) is 0 Å². The molecule has 7 nitrogen and oxygen atoms in total. The maximum atomic E-state index is 12.7. The van der Waals surface area contributed by atoms with E-state index in [1.807, 2.05) is 25.1 Å². The fraction of sp³-hybridized carbons (Fsp3) is 0.588. The summed E-state index contributed by atoms with van der Waals surface area (Å²) in [5, 5.41) is 8.77. The minimum absolute atomic E-state index is 0.0230. The summed E-state index contributed by atoms with van der Waals surface area (Å²) in [5.41, 5.74) is 5.58. The lowest BCUT2D eigenvalue weighted by molar-refractivity contribution is -0.133. The molecule has 0 aromatic heterocycles. The number of nitrogens with one attached hydrogen (secondary N) is 4. The van der Waals surface area contributed by atoms with Crippen LogP contribution in [0.4, 0.5) is 8.78 Å². The monoisotopic (exact) mass is 368 g/mol. The van der Waals surface area contributed by atoms with E-state index < -0.39 is 25.0 Å². The van der Waals surface area contributed by atoms with E-state index in [4.69, 9.17) is 9.57 Å². The summed E-state index contributed by atoms with van der Waals surface area (Å²) >= 11 is 0. The Morgan fingerprint density at radius 2 is 2.23 bits per heavy atom. The van der Waals surface area contributed by atoms with Gasteiger partial charge >= 0.3 is 0 Å². The maximum absolute atomic E-state index is 12.7. The lowest BCUT2D eigenvalue weighted by Gasteiger charge is -2.18. The third-order valence-corrected chi connectivity index (χ3v) is 4.96. The van der Waals surface area contributed by atoms with Gasteiger partial charge in [0.2, 0.25) is 0 Å². The average Bonchev–Trinajstić information content (AvgIpc) is 3.34. The second-order valence-electron chi connectivity index (χ2n) is 6.88. The Balaban J connectivity index is 1.41. The minimum Gasteiger partial charge on any atom is -0.350 e. The van der Waals surface area contributed by atoms with Gasteiger partial charge in [-0.05, 0) is 36.5 Å². The molecule has 0 radical (unpaired) electrons. The van der Waals surface area contributed by atoms with E-state index in [1.165, 1.54) is 0 Å². The van der Waals surface area contributed by atoms with Crippen molar-refractivity contribution in [1.82, 2.24) is 21.4 Å². The molecular weight excluding hydrogens is 346 g/mol. The second kappa shape index (κ2) is 7.16. The molecule has 2 heterocycles. The number of hydroxylamine groups is 1. The van der Waals surface area contributed by atoms with Crippen LogP contribution >= 0.6 is 0 Å². The highest BCUT2D eigenvalue weighted by molar-refractivity contribution is 5.81. The van der Waals surface area contributed by atoms with Gasteiger partial charge in [0.1, 0.15) is 6.17 Å². The van der Waals surface area contributed by atoms with E-state index in [1.54, 1.807) is 0 Å². The first kappa shape index (κ1) is 17.7. The van der Waals surface area contributed by atoms with Gasteiger partial charge in [0, 0.05) is 6.54 Å². The Hall–Kier alpha value is -1.65. The van der Waals surface area contributed by atoms with Gasteiger partial charge in [0.15, 0.2) is 12.5 Å². The van der Waals surface area contributed by atoms with Crippen LogP contribution < -0.4 is 21.4 Å².